The van der Waals surface area contributed by atoms with Crippen LogP contribution in [-0.4, -0.2) is 39.9 Å². The zero-order valence-corrected chi connectivity index (χ0v) is 17.5. The maximum atomic E-state index is 4.65. The zero-order valence-electron chi connectivity index (χ0n) is 15.2. The summed E-state index contributed by atoms with van der Waals surface area (Å²) in [7, 11) is 0. The fourth-order valence-corrected chi connectivity index (χ4v) is 2.22. The monoisotopic (exact) mass is 436 g/mol. The van der Waals surface area contributed by atoms with E-state index < -0.39 is 0 Å². The quantitative estimate of drug-likeness (QED) is 0.355. The first kappa shape index (κ1) is 22.1. The van der Waals surface area contributed by atoms with Crippen LogP contribution in [0.1, 0.15) is 53.3 Å². The van der Waals surface area contributed by atoms with E-state index in [2.05, 4.69) is 65.0 Å². The van der Waals surface area contributed by atoms with Crippen molar-refractivity contribution in [1.82, 2.24) is 25.4 Å². The molecule has 0 aliphatic heterocycles. The number of halogens is 1. The van der Waals surface area contributed by atoms with Gasteiger partial charge in [0.15, 0.2) is 5.96 Å². The van der Waals surface area contributed by atoms with Crippen LogP contribution in [0.25, 0.3) is 0 Å². The lowest BCUT2D eigenvalue weighted by molar-refractivity contribution is 0.489. The largest absolute Gasteiger partial charge is 0.357 e. The number of hydrogen-bond donors (Lipinski definition) is 2. The Morgan fingerprint density at radius 2 is 2.00 bits per heavy atom. The molecular formula is C16H33IN6. The topological polar surface area (TPSA) is 67.1 Å². The van der Waals surface area contributed by atoms with Gasteiger partial charge < -0.3 is 15.2 Å². The van der Waals surface area contributed by atoms with Crippen LogP contribution in [0.5, 0.6) is 0 Å². The molecule has 1 aromatic rings. The van der Waals surface area contributed by atoms with Gasteiger partial charge in [-0.1, -0.05) is 20.8 Å². The number of nitrogens with one attached hydrogen (secondary N) is 2. The van der Waals surface area contributed by atoms with Crippen LogP contribution in [0, 0.1) is 5.92 Å². The van der Waals surface area contributed by atoms with E-state index in [0.717, 1.165) is 50.2 Å². The van der Waals surface area contributed by atoms with Gasteiger partial charge in [0, 0.05) is 25.6 Å². The van der Waals surface area contributed by atoms with Gasteiger partial charge in [0.1, 0.15) is 12.2 Å². The number of aryl methyl sites for hydroxylation is 1. The molecule has 7 heteroatoms. The first-order chi connectivity index (χ1) is 10.6. The molecule has 134 valence electrons. The minimum atomic E-state index is 0. The maximum Gasteiger partial charge on any atom is 0.191 e. The molecule has 0 spiro atoms. The van der Waals surface area contributed by atoms with Crippen molar-refractivity contribution in [2.24, 2.45) is 10.9 Å². The van der Waals surface area contributed by atoms with Gasteiger partial charge in [0.25, 0.3) is 0 Å². The molecule has 0 aliphatic carbocycles. The number of hydrogen-bond acceptors (Lipinski definition) is 3. The Labute approximate surface area is 158 Å². The molecule has 0 aliphatic rings. The molecule has 0 aromatic carbocycles. The third kappa shape index (κ3) is 9.12. The lowest BCUT2D eigenvalue weighted by Gasteiger charge is -2.18. The van der Waals surface area contributed by atoms with Gasteiger partial charge in [-0.3, -0.25) is 4.99 Å². The second kappa shape index (κ2) is 12.5. The molecule has 1 aromatic heterocycles. The normalized spacial score (nSPS) is 12.9. The highest BCUT2D eigenvalue weighted by Crippen LogP contribution is 2.06. The van der Waals surface area contributed by atoms with E-state index in [1.54, 1.807) is 6.33 Å². The van der Waals surface area contributed by atoms with Crippen LogP contribution in [0.2, 0.25) is 0 Å². The predicted octanol–water partition coefficient (Wildman–Crippen LogP) is 2.84. The molecule has 0 bridgehead atoms. The van der Waals surface area contributed by atoms with Crippen molar-refractivity contribution < 1.29 is 0 Å². The Hall–Kier alpha value is -0.860. The molecule has 23 heavy (non-hydrogen) atoms. The van der Waals surface area contributed by atoms with E-state index in [-0.39, 0.29) is 24.0 Å². The summed E-state index contributed by atoms with van der Waals surface area (Å²) in [5.74, 6) is 2.65. The van der Waals surface area contributed by atoms with Gasteiger partial charge in [-0.25, -0.2) is 0 Å². The van der Waals surface area contributed by atoms with Gasteiger partial charge in [0.2, 0.25) is 0 Å². The predicted molar refractivity (Wildman–Crippen MR) is 107 cm³/mol. The second-order valence-electron chi connectivity index (χ2n) is 6.07. The summed E-state index contributed by atoms with van der Waals surface area (Å²) in [4.78, 5) is 4.65. The highest BCUT2D eigenvalue weighted by Gasteiger charge is 2.06. The number of rotatable bonds is 9. The standard InChI is InChI=1S/C16H32N6.HI/c1-6-15-21-19-12-22(15)11-10-18-16(17-7-2)20-14(5)9-8-13(3)4;/h12-14H,6-11H2,1-5H3,(H2,17,18,20);1H. The highest BCUT2D eigenvalue weighted by atomic mass is 127. The Bertz CT molecular complexity index is 444. The molecule has 0 saturated carbocycles. The van der Waals surface area contributed by atoms with E-state index >= 15 is 0 Å². The summed E-state index contributed by atoms with van der Waals surface area (Å²) < 4.78 is 2.06. The SMILES string of the molecule is CCNC(=NCCn1cnnc1CC)NC(C)CCC(C)C.I. The Balaban J connectivity index is 0.00000484. The number of nitrogens with zero attached hydrogens (tertiary/aromatic N) is 4. The third-order valence-corrected chi connectivity index (χ3v) is 3.53. The summed E-state index contributed by atoms with van der Waals surface area (Å²) in [5.41, 5.74) is 0. The fraction of sp³-hybridized carbons (Fsp3) is 0.812. The summed E-state index contributed by atoms with van der Waals surface area (Å²) >= 11 is 0. The van der Waals surface area contributed by atoms with Crippen LogP contribution in [0.4, 0.5) is 0 Å². The molecule has 0 amide bonds. The van der Waals surface area contributed by atoms with E-state index in [4.69, 9.17) is 0 Å². The van der Waals surface area contributed by atoms with E-state index in [1.165, 1.54) is 6.42 Å². The average Bonchev–Trinajstić information content (AvgIpc) is 2.92. The number of aliphatic imine (C=N–C) groups is 1. The van der Waals surface area contributed by atoms with E-state index in [0.29, 0.717) is 6.04 Å². The van der Waals surface area contributed by atoms with Gasteiger partial charge in [-0.2, -0.15) is 0 Å². The molecule has 0 fully saturated rings. The summed E-state index contributed by atoms with van der Waals surface area (Å²) in [6.07, 6.45) is 5.07. The van der Waals surface area contributed by atoms with Crippen molar-refractivity contribution in [3.63, 3.8) is 0 Å². The maximum absolute atomic E-state index is 4.65. The summed E-state index contributed by atoms with van der Waals surface area (Å²) in [6.45, 7) is 13.3. The molecule has 6 nitrogen and oxygen atoms in total. The van der Waals surface area contributed by atoms with E-state index in [9.17, 15) is 0 Å². The van der Waals surface area contributed by atoms with Gasteiger partial charge in [-0.15, -0.1) is 34.2 Å². The Kier molecular flexibility index (Phi) is 12.1. The fourth-order valence-electron chi connectivity index (χ4n) is 2.22. The lowest BCUT2D eigenvalue weighted by Crippen LogP contribution is -2.42. The molecule has 0 radical (unpaired) electrons. The Morgan fingerprint density at radius 1 is 1.26 bits per heavy atom. The first-order valence-corrected chi connectivity index (χ1v) is 8.48. The smallest absolute Gasteiger partial charge is 0.191 e. The zero-order chi connectivity index (χ0) is 16.4. The van der Waals surface area contributed by atoms with Crippen molar-refractivity contribution in [1.29, 1.82) is 0 Å². The van der Waals surface area contributed by atoms with E-state index in [1.807, 2.05) is 0 Å². The lowest BCUT2D eigenvalue weighted by atomic mass is 10.0. The van der Waals surface area contributed by atoms with Crippen LogP contribution in [0.3, 0.4) is 0 Å². The van der Waals surface area contributed by atoms with Crippen LogP contribution < -0.4 is 10.6 Å². The average molecular weight is 436 g/mol. The minimum Gasteiger partial charge on any atom is -0.357 e. The molecular weight excluding hydrogens is 403 g/mol. The minimum absolute atomic E-state index is 0. The van der Waals surface area contributed by atoms with Crippen molar-refractivity contribution in [3.8, 4) is 0 Å². The van der Waals surface area contributed by atoms with Crippen molar-refractivity contribution in [3.05, 3.63) is 12.2 Å². The first-order valence-electron chi connectivity index (χ1n) is 8.48. The summed E-state index contributed by atoms with van der Waals surface area (Å²) in [5, 5.41) is 14.8. The molecule has 1 atom stereocenters. The van der Waals surface area contributed by atoms with Gasteiger partial charge >= 0.3 is 0 Å². The number of aromatic nitrogens is 3. The molecule has 1 unspecified atom stereocenters. The van der Waals surface area contributed by atoms with Crippen molar-refractivity contribution in [2.45, 2.75) is 66.5 Å². The molecule has 1 rings (SSSR count). The number of guanidine groups is 1. The van der Waals surface area contributed by atoms with Crippen LogP contribution >= 0.6 is 24.0 Å². The molecule has 1 heterocycles. The third-order valence-electron chi connectivity index (χ3n) is 3.53. The Morgan fingerprint density at radius 3 is 2.61 bits per heavy atom. The highest BCUT2D eigenvalue weighted by molar-refractivity contribution is 14.0. The van der Waals surface area contributed by atoms with Gasteiger partial charge in [-0.05, 0) is 32.6 Å². The molecule has 2 N–H and O–H groups in total. The molecule has 0 saturated heterocycles. The van der Waals surface area contributed by atoms with Crippen LogP contribution in [-0.2, 0) is 13.0 Å². The van der Waals surface area contributed by atoms with Crippen LogP contribution in [0.15, 0.2) is 11.3 Å². The van der Waals surface area contributed by atoms with Gasteiger partial charge in [0.05, 0.1) is 6.54 Å². The summed E-state index contributed by atoms with van der Waals surface area (Å²) in [6, 6.07) is 0.432. The second-order valence-corrected chi connectivity index (χ2v) is 6.07. The van der Waals surface area contributed by atoms with Crippen molar-refractivity contribution in [2.75, 3.05) is 13.1 Å². The van der Waals surface area contributed by atoms with Crippen molar-refractivity contribution >= 4 is 29.9 Å².